The molecule has 538 valence electrons. The van der Waals surface area contributed by atoms with E-state index >= 15 is 9.59 Å². The maximum Gasteiger partial charge on any atom is 0.346 e. The first-order valence-corrected chi connectivity index (χ1v) is 31.3. The van der Waals surface area contributed by atoms with Crippen LogP contribution in [0.4, 0.5) is 0 Å². The number of hydrogen-bond acceptors (Lipinski definition) is 31. The van der Waals surface area contributed by atoms with Gasteiger partial charge in [0, 0.05) is 25.3 Å². The number of esters is 1. The highest BCUT2D eigenvalue weighted by atomic mass is 16.7. The first kappa shape index (κ1) is 75.2. The molecule has 6 aliphatic rings. The summed E-state index contributed by atoms with van der Waals surface area (Å²) in [6.45, 7) is -0.336. The predicted octanol–water partition coefficient (Wildman–Crippen LogP) is -12.7. The fourth-order valence-corrected chi connectivity index (χ4v) is 11.9. The fraction of sp³-hybridized carbons (Fsp3) is 0.644. The molecule has 0 unspecified atom stereocenters. The molecule has 0 saturated carbocycles. The number of guanidine groups is 2. The van der Waals surface area contributed by atoms with Gasteiger partial charge >= 0.3 is 11.9 Å². The highest BCUT2D eigenvalue weighted by Crippen LogP contribution is 2.33. The maximum atomic E-state index is 15.2. The molecule has 6 amide bonds. The molecular formula is C59H87N12O26+. The van der Waals surface area contributed by atoms with Crippen LogP contribution in [0.25, 0.3) is 0 Å². The van der Waals surface area contributed by atoms with Crippen LogP contribution >= 0.6 is 0 Å². The summed E-state index contributed by atoms with van der Waals surface area (Å²) in [6.07, 6.45) is -31.8. The number of rotatable bonds is 20. The molecule has 2 aromatic rings. The van der Waals surface area contributed by atoms with Gasteiger partial charge in [-0.3, -0.25) is 44.6 Å². The van der Waals surface area contributed by atoms with Gasteiger partial charge in [-0.15, -0.1) is 0 Å². The van der Waals surface area contributed by atoms with Crippen LogP contribution in [-0.2, 0) is 63.7 Å². The molecule has 0 aromatic heterocycles. The van der Waals surface area contributed by atoms with Gasteiger partial charge in [0.2, 0.25) is 48.0 Å². The predicted molar refractivity (Wildman–Crippen MR) is 326 cm³/mol. The monoisotopic (exact) mass is 1380 g/mol. The number of ether oxygens (including phenoxy) is 6. The van der Waals surface area contributed by atoms with E-state index in [1.54, 1.807) is 51.1 Å². The van der Waals surface area contributed by atoms with Crippen LogP contribution < -0.4 is 58.7 Å². The lowest BCUT2D eigenvalue weighted by Crippen LogP contribution is -2.68. The number of aliphatic hydroxyl groups is 13. The number of nitrogens with two attached hydrogens (primary N) is 2. The van der Waals surface area contributed by atoms with Gasteiger partial charge in [-0.1, -0.05) is 63.2 Å². The lowest BCUT2D eigenvalue weighted by atomic mass is 9.92. The number of nitrogens with zero attached hydrogens (tertiary/aromatic N) is 2. The Labute approximate surface area is 553 Å². The minimum atomic E-state index is -2.34. The van der Waals surface area contributed by atoms with Crippen molar-refractivity contribution in [1.82, 2.24) is 42.5 Å². The Morgan fingerprint density at radius 3 is 1.81 bits per heavy atom. The van der Waals surface area contributed by atoms with Crippen molar-refractivity contribution in [3.05, 3.63) is 65.7 Å². The molecule has 25 atom stereocenters. The van der Waals surface area contributed by atoms with Crippen molar-refractivity contribution in [2.24, 2.45) is 22.4 Å². The largest absolute Gasteiger partial charge is 0.462 e. The van der Waals surface area contributed by atoms with Gasteiger partial charge < -0.3 is 138 Å². The summed E-state index contributed by atoms with van der Waals surface area (Å²) in [5, 5.41) is 162. The minimum absolute atomic E-state index is 0.0598. The molecule has 0 spiro atoms. The molecule has 0 radical (unpaired) electrons. The third kappa shape index (κ3) is 17.6. The van der Waals surface area contributed by atoms with Crippen LogP contribution in [0.2, 0.25) is 0 Å². The van der Waals surface area contributed by atoms with Crippen molar-refractivity contribution < 1.29 is 133 Å². The van der Waals surface area contributed by atoms with E-state index in [2.05, 4.69) is 47.5 Å². The van der Waals surface area contributed by atoms with Crippen molar-refractivity contribution in [3.8, 4) is 5.75 Å². The van der Waals surface area contributed by atoms with Crippen LogP contribution in [0.3, 0.4) is 0 Å². The number of hydrogen-bond donors (Lipinski definition) is 23. The van der Waals surface area contributed by atoms with Crippen molar-refractivity contribution in [3.63, 3.8) is 0 Å². The third-order valence-corrected chi connectivity index (χ3v) is 17.4. The van der Waals surface area contributed by atoms with E-state index in [9.17, 15) is 90.4 Å². The summed E-state index contributed by atoms with van der Waals surface area (Å²) in [6, 6.07) is 0.769. The first-order chi connectivity index (χ1) is 46.1. The molecule has 6 heterocycles. The van der Waals surface area contributed by atoms with Gasteiger partial charge in [0.05, 0.1) is 39.0 Å². The highest BCUT2D eigenvalue weighted by molar-refractivity contribution is 5.98. The van der Waals surface area contributed by atoms with E-state index < -0.39 is 240 Å². The molecule has 97 heavy (non-hydrogen) atoms. The minimum Gasteiger partial charge on any atom is -0.462 e. The number of benzene rings is 2. The first-order valence-electron chi connectivity index (χ1n) is 31.3. The summed E-state index contributed by atoms with van der Waals surface area (Å²) in [5.74, 6) is -9.79. The normalized spacial score (nSPS) is 35.9. The Morgan fingerprint density at radius 2 is 1.19 bits per heavy atom. The topological polar surface area (TPSA) is 602 Å². The zero-order valence-corrected chi connectivity index (χ0v) is 52.7. The molecule has 2 aromatic carbocycles. The fourth-order valence-electron chi connectivity index (χ4n) is 11.9. The van der Waals surface area contributed by atoms with E-state index in [1.165, 1.54) is 24.3 Å². The standard InChI is InChI=1S/C59H86N12O26/c1-22(2)13-35(77)96-48-32(20-74)95-57(47(86)43(48)82)97-49-33(21-75)94-56(46(85)44(49)83)92-26-11-9-24(10-12-26)14-27-51(88)69-37(39(78)28-15-63-58(60)67-28)54(91)70-38(40(79)30-16-64-59(61)71(30)55-45(84)42(81)41(80)31(19-73)93-55)53(90)66-29(18-72)50(87)62-17-34(76)68-36(52(89)65-27)23(3)25-7-5-4-6-8-25/h4-12,22-23,27-33,36-49,55-57,72-75,78-86H,13-21H2,1-3H3,(H11,60,61,62,63,64,65,66,67,68,69,70,76,87,88,89,90,91)/p+1/t23-,27+,28-,29-,30-,31+,32+,33+,36-,37-,38+,39-,40-,41+,42-,43+,44+,45-,46-,47-,48+,49+,55-,56-,57+/m0/s1. The Balaban J connectivity index is 1.09. The summed E-state index contributed by atoms with van der Waals surface area (Å²) < 4.78 is 35.1. The molecular weight excluding hydrogens is 1290 g/mol. The van der Waals surface area contributed by atoms with Gasteiger partial charge in [-0.05, 0) is 29.2 Å². The van der Waals surface area contributed by atoms with Crippen LogP contribution in [0.5, 0.6) is 5.75 Å². The van der Waals surface area contributed by atoms with Crippen molar-refractivity contribution in [1.29, 1.82) is 0 Å². The van der Waals surface area contributed by atoms with E-state index in [0.29, 0.717) is 5.56 Å². The lowest BCUT2D eigenvalue weighted by molar-refractivity contribution is -0.663. The quantitative estimate of drug-likeness (QED) is 0.0432. The van der Waals surface area contributed by atoms with Gasteiger partial charge in [-0.2, -0.15) is 0 Å². The summed E-state index contributed by atoms with van der Waals surface area (Å²) in [4.78, 5) is 104. The van der Waals surface area contributed by atoms with Crippen LogP contribution in [-0.4, -0.2) is 317 Å². The number of amides is 6. The van der Waals surface area contributed by atoms with E-state index in [-0.39, 0.29) is 42.1 Å². The third-order valence-electron chi connectivity index (χ3n) is 17.4. The average molecular weight is 1380 g/mol. The molecule has 0 bridgehead atoms. The SMILES string of the molecule is CC(C)CC(=O)O[C@H]1[C@H](O)[C@H](O)[C@@H](O[C@H]2[C@H](O)[C@H](O)[C@@H](Oc3ccc(C[C@H]4NC(=O)[C@H]([C@@H](C)c5ccccc5)NC(=O)CNC(=O)[C@H](CO)NC(=O)[C@@H]([C@@H](O)[C@@H]5CNC(N)=[N+]5[C@H]5O[C@H](CO)[C@@H](O)[C@H](O)[C@@H]5O)NC(=O)[C@H]([C@@H](O)[C@@H]5CNC(N)=N5)NC4=O)cc3)O[C@@H]2CO)O[C@@H]1CO. The molecule has 4 saturated heterocycles. The molecule has 4 fully saturated rings. The van der Waals surface area contributed by atoms with Crippen LogP contribution in [0.15, 0.2) is 59.6 Å². The summed E-state index contributed by atoms with van der Waals surface area (Å²) in [5.41, 5.74) is 12.9. The Morgan fingerprint density at radius 1 is 0.598 bits per heavy atom. The Kier molecular flexibility index (Phi) is 25.8. The molecule has 25 N–H and O–H groups in total. The maximum absolute atomic E-state index is 15.2. The molecule has 38 nitrogen and oxygen atoms in total. The zero-order chi connectivity index (χ0) is 70.9. The van der Waals surface area contributed by atoms with E-state index in [1.807, 2.05) is 0 Å². The molecule has 0 aliphatic carbocycles. The van der Waals surface area contributed by atoms with Gasteiger partial charge in [0.25, 0.3) is 0 Å². The number of aliphatic hydroxyl groups excluding tert-OH is 13. The van der Waals surface area contributed by atoms with E-state index in [4.69, 9.17) is 39.9 Å². The Bertz CT molecular complexity index is 3120. The summed E-state index contributed by atoms with van der Waals surface area (Å²) >= 11 is 0. The molecule has 38 heteroatoms. The number of carbonyl (C=O) groups is 7. The number of aliphatic imine (C=N–C) groups is 1. The lowest BCUT2D eigenvalue weighted by Gasteiger charge is -2.46. The average Bonchev–Trinajstić information content (AvgIpc) is 1.74. The summed E-state index contributed by atoms with van der Waals surface area (Å²) in [7, 11) is 0. The Hall–Kier alpha value is -7.61. The number of nitrogens with one attached hydrogen (secondary N) is 8. The molecule has 8 rings (SSSR count). The second kappa shape index (κ2) is 33.3. The van der Waals surface area contributed by atoms with Crippen LogP contribution in [0, 0.1) is 5.92 Å². The van der Waals surface area contributed by atoms with Crippen LogP contribution in [0.1, 0.15) is 44.2 Å². The van der Waals surface area contributed by atoms with Gasteiger partial charge in [0.1, 0.15) is 128 Å². The van der Waals surface area contributed by atoms with Crippen molar-refractivity contribution >= 4 is 53.3 Å². The zero-order valence-electron chi connectivity index (χ0n) is 52.7. The van der Waals surface area contributed by atoms with E-state index in [0.717, 1.165) is 4.58 Å². The molecule has 6 aliphatic heterocycles. The second-order valence-electron chi connectivity index (χ2n) is 24.7. The van der Waals surface area contributed by atoms with Gasteiger partial charge in [0.15, 0.2) is 18.4 Å². The van der Waals surface area contributed by atoms with Gasteiger partial charge in [-0.25, -0.2) is 9.57 Å². The van der Waals surface area contributed by atoms with Crippen molar-refractivity contribution in [2.45, 2.75) is 186 Å². The number of carbonyl (C=O) groups excluding carboxylic acids is 7. The highest BCUT2D eigenvalue weighted by Gasteiger charge is 2.55. The van der Waals surface area contributed by atoms with Crippen molar-refractivity contribution in [2.75, 3.05) is 46.1 Å². The second-order valence-corrected chi connectivity index (χ2v) is 24.7. The smallest absolute Gasteiger partial charge is 0.346 e.